The van der Waals surface area contributed by atoms with E-state index in [1.807, 2.05) is 0 Å². The molecule has 1 aromatic carbocycles. The lowest BCUT2D eigenvalue weighted by atomic mass is 10.1. The van der Waals surface area contributed by atoms with E-state index in [0.717, 1.165) is 11.1 Å². The molecule has 2 aromatic heterocycles. The number of rotatable bonds is 5. The monoisotopic (exact) mass is 433 g/mol. The highest BCUT2D eigenvalue weighted by atomic mass is 35.5. The molecule has 0 saturated carbocycles. The molecule has 30 heavy (non-hydrogen) atoms. The summed E-state index contributed by atoms with van der Waals surface area (Å²) in [7, 11) is 1.75. The fraction of sp³-hybridized carbons (Fsp3) is 0.278. The molecule has 1 atom stereocenters. The van der Waals surface area contributed by atoms with Crippen LogP contribution in [0.15, 0.2) is 24.4 Å². The van der Waals surface area contributed by atoms with Gasteiger partial charge < -0.3 is 19.9 Å². The number of carbonyl (C=O) groups is 2. The number of aromatic nitrogens is 5. The van der Waals surface area contributed by atoms with E-state index in [-0.39, 0.29) is 23.6 Å². The van der Waals surface area contributed by atoms with E-state index >= 15 is 0 Å². The third kappa shape index (κ3) is 3.96. The zero-order chi connectivity index (χ0) is 21.3. The van der Waals surface area contributed by atoms with E-state index in [1.54, 1.807) is 17.8 Å². The standard InChI is InChI=1S/C18H17ClFN7O3/c1-27-7-11-10(16(27)17(28)21-9-2-4-13(20)12(19)6-9)3-5-14(11)22-18(29)30-8-15-23-25-26-24-15/h2,4,6-7,14H,3,5,8H2,1H3,(H,21,28)(H,22,29)(H,23,24,25,26). The molecular formula is C18H17ClFN7O3. The summed E-state index contributed by atoms with van der Waals surface area (Å²) in [5.74, 6) is -0.575. The molecule has 0 saturated heterocycles. The first-order valence-corrected chi connectivity index (χ1v) is 9.40. The van der Waals surface area contributed by atoms with Gasteiger partial charge in [-0.2, -0.15) is 0 Å². The molecule has 4 rings (SSSR count). The molecule has 1 aliphatic carbocycles. The maximum atomic E-state index is 13.3. The van der Waals surface area contributed by atoms with Crippen molar-refractivity contribution >= 4 is 29.3 Å². The van der Waals surface area contributed by atoms with Crippen LogP contribution in [0.3, 0.4) is 0 Å². The van der Waals surface area contributed by atoms with Crippen molar-refractivity contribution in [2.24, 2.45) is 7.05 Å². The van der Waals surface area contributed by atoms with Gasteiger partial charge in [-0.25, -0.2) is 14.3 Å². The highest BCUT2D eigenvalue weighted by Crippen LogP contribution is 2.35. The number of alkyl carbamates (subject to hydrolysis) is 1. The number of anilines is 1. The number of nitrogens with zero attached hydrogens (tertiary/aromatic N) is 4. The number of amides is 2. The Morgan fingerprint density at radius 3 is 3.00 bits per heavy atom. The van der Waals surface area contributed by atoms with E-state index in [4.69, 9.17) is 16.3 Å². The molecule has 2 amide bonds. The van der Waals surface area contributed by atoms with Gasteiger partial charge in [0.2, 0.25) is 0 Å². The SMILES string of the molecule is Cn1cc2c(c1C(=O)Nc1ccc(F)c(Cl)c1)CCC2NC(=O)OCc1nnn[nH]1. The number of aryl methyl sites for hydroxylation is 1. The summed E-state index contributed by atoms with van der Waals surface area (Å²) < 4.78 is 20.1. The van der Waals surface area contributed by atoms with Crippen LogP contribution in [0.2, 0.25) is 5.02 Å². The molecule has 0 fully saturated rings. The number of nitrogens with one attached hydrogen (secondary N) is 3. The second-order valence-corrected chi connectivity index (χ2v) is 7.17. The van der Waals surface area contributed by atoms with Crippen LogP contribution >= 0.6 is 11.6 Å². The van der Waals surface area contributed by atoms with Crippen molar-refractivity contribution in [3.63, 3.8) is 0 Å². The van der Waals surface area contributed by atoms with Crippen molar-refractivity contribution in [2.45, 2.75) is 25.5 Å². The Labute approximate surface area is 174 Å². The molecule has 3 aromatic rings. The van der Waals surface area contributed by atoms with Crippen molar-refractivity contribution in [3.05, 3.63) is 57.9 Å². The van der Waals surface area contributed by atoms with Crippen molar-refractivity contribution < 1.29 is 18.7 Å². The van der Waals surface area contributed by atoms with Crippen molar-refractivity contribution in [1.82, 2.24) is 30.5 Å². The average molecular weight is 434 g/mol. The Bertz CT molecular complexity index is 1100. The van der Waals surface area contributed by atoms with Gasteiger partial charge in [-0.1, -0.05) is 11.6 Å². The summed E-state index contributed by atoms with van der Waals surface area (Å²) in [5, 5.41) is 18.4. The number of ether oxygens (including phenoxy) is 1. The lowest BCUT2D eigenvalue weighted by molar-refractivity contribution is 0.101. The van der Waals surface area contributed by atoms with Gasteiger partial charge in [0.05, 0.1) is 11.1 Å². The summed E-state index contributed by atoms with van der Waals surface area (Å²) >= 11 is 5.78. The van der Waals surface area contributed by atoms with Gasteiger partial charge in [0, 0.05) is 18.9 Å². The molecule has 0 radical (unpaired) electrons. The Balaban J connectivity index is 1.44. The second kappa shape index (κ2) is 8.11. The quantitative estimate of drug-likeness (QED) is 0.567. The van der Waals surface area contributed by atoms with E-state index in [9.17, 15) is 14.0 Å². The number of tetrazole rings is 1. The predicted octanol–water partition coefficient (Wildman–Crippen LogP) is 2.50. The number of halogens is 2. The molecular weight excluding hydrogens is 417 g/mol. The van der Waals surface area contributed by atoms with E-state index in [2.05, 4.69) is 31.3 Å². The fourth-order valence-corrected chi connectivity index (χ4v) is 3.66. The second-order valence-electron chi connectivity index (χ2n) is 6.77. The van der Waals surface area contributed by atoms with Crippen LogP contribution < -0.4 is 10.6 Å². The van der Waals surface area contributed by atoms with Crippen molar-refractivity contribution in [1.29, 1.82) is 0 Å². The highest BCUT2D eigenvalue weighted by molar-refractivity contribution is 6.31. The first-order valence-electron chi connectivity index (χ1n) is 9.02. The molecule has 0 spiro atoms. The van der Waals surface area contributed by atoms with Gasteiger partial charge in [0.25, 0.3) is 5.91 Å². The number of benzene rings is 1. The van der Waals surface area contributed by atoms with Gasteiger partial charge >= 0.3 is 6.09 Å². The molecule has 12 heteroatoms. The fourth-order valence-electron chi connectivity index (χ4n) is 3.48. The third-order valence-electron chi connectivity index (χ3n) is 4.79. The van der Waals surface area contributed by atoms with Crippen LogP contribution in [0, 0.1) is 5.82 Å². The van der Waals surface area contributed by atoms with Crippen molar-refractivity contribution in [2.75, 3.05) is 5.32 Å². The Hall–Kier alpha value is -3.47. The molecule has 0 bridgehead atoms. The Kier molecular flexibility index (Phi) is 5.36. The summed E-state index contributed by atoms with van der Waals surface area (Å²) in [6, 6.07) is 3.69. The Morgan fingerprint density at radius 1 is 1.43 bits per heavy atom. The molecule has 156 valence electrons. The van der Waals surface area contributed by atoms with Gasteiger partial charge in [-0.05, 0) is 52.6 Å². The van der Waals surface area contributed by atoms with Gasteiger partial charge in [-0.15, -0.1) is 5.10 Å². The molecule has 0 aliphatic heterocycles. The normalized spacial score (nSPS) is 15.0. The predicted molar refractivity (Wildman–Crippen MR) is 103 cm³/mol. The van der Waals surface area contributed by atoms with Crippen LogP contribution in [0.25, 0.3) is 0 Å². The van der Waals surface area contributed by atoms with E-state index in [0.29, 0.717) is 30.0 Å². The summed E-state index contributed by atoms with van der Waals surface area (Å²) in [6.07, 6.45) is 2.44. The topological polar surface area (TPSA) is 127 Å². The number of fused-ring (bicyclic) bond motifs is 1. The summed E-state index contributed by atoms with van der Waals surface area (Å²) in [4.78, 5) is 24.9. The number of H-pyrrole nitrogens is 1. The lowest BCUT2D eigenvalue weighted by Gasteiger charge is -2.12. The smallest absolute Gasteiger partial charge is 0.408 e. The molecule has 3 N–H and O–H groups in total. The van der Waals surface area contributed by atoms with Gasteiger partial charge in [0.15, 0.2) is 12.4 Å². The number of hydrogen-bond donors (Lipinski definition) is 3. The Morgan fingerprint density at radius 2 is 2.27 bits per heavy atom. The molecule has 1 unspecified atom stereocenters. The minimum Gasteiger partial charge on any atom is -0.441 e. The van der Waals surface area contributed by atoms with Crippen molar-refractivity contribution in [3.8, 4) is 0 Å². The largest absolute Gasteiger partial charge is 0.441 e. The van der Waals surface area contributed by atoms with Crippen LogP contribution in [-0.4, -0.2) is 37.2 Å². The number of carbonyl (C=O) groups excluding carboxylic acids is 2. The zero-order valence-corrected chi connectivity index (χ0v) is 16.5. The maximum Gasteiger partial charge on any atom is 0.408 e. The zero-order valence-electron chi connectivity index (χ0n) is 15.8. The van der Waals surface area contributed by atoms with Gasteiger partial charge in [-0.3, -0.25) is 4.79 Å². The maximum absolute atomic E-state index is 13.3. The van der Waals surface area contributed by atoms with E-state index in [1.165, 1.54) is 18.2 Å². The summed E-state index contributed by atoms with van der Waals surface area (Å²) in [6.45, 7) is -0.0823. The van der Waals surface area contributed by atoms with Crippen LogP contribution in [0.4, 0.5) is 14.9 Å². The third-order valence-corrected chi connectivity index (χ3v) is 5.08. The highest BCUT2D eigenvalue weighted by Gasteiger charge is 2.31. The lowest BCUT2D eigenvalue weighted by Crippen LogP contribution is -2.27. The van der Waals surface area contributed by atoms with Gasteiger partial charge in [0.1, 0.15) is 11.5 Å². The summed E-state index contributed by atoms with van der Waals surface area (Å²) in [5.41, 5.74) is 2.54. The molecule has 2 heterocycles. The minimum atomic E-state index is -0.611. The first kappa shape index (κ1) is 19.8. The minimum absolute atomic E-state index is 0.0752. The van der Waals surface area contributed by atoms with Crippen LogP contribution in [0.1, 0.15) is 39.9 Å². The first-order chi connectivity index (χ1) is 14.4. The van der Waals surface area contributed by atoms with Crippen LogP contribution in [-0.2, 0) is 24.8 Å². The average Bonchev–Trinajstić information content (AvgIpc) is 3.41. The molecule has 10 nitrogen and oxygen atoms in total. The van der Waals surface area contributed by atoms with E-state index < -0.39 is 11.9 Å². The molecule has 1 aliphatic rings. The van der Waals surface area contributed by atoms with Crippen LogP contribution in [0.5, 0.6) is 0 Å². The number of hydrogen-bond acceptors (Lipinski definition) is 6. The number of aromatic amines is 1.